The fourth-order valence-electron chi connectivity index (χ4n) is 11.5. The van der Waals surface area contributed by atoms with Gasteiger partial charge in [0.1, 0.15) is 0 Å². The molecule has 3 aliphatic rings. The first kappa shape index (κ1) is 36.8. The second-order valence-electron chi connectivity index (χ2n) is 19.0. The van der Waals surface area contributed by atoms with E-state index in [4.69, 9.17) is 5.73 Å². The van der Waals surface area contributed by atoms with Crippen LogP contribution in [-0.4, -0.2) is 6.54 Å². The van der Waals surface area contributed by atoms with Crippen molar-refractivity contribution >= 4 is 27.1 Å². The minimum atomic E-state index is -0.123. The maximum Gasteiger partial charge on any atom is 0.0159 e. The topological polar surface area (TPSA) is 26.0 Å². The summed E-state index contributed by atoms with van der Waals surface area (Å²) in [6.45, 7) is 17.0. The summed E-state index contributed by atoms with van der Waals surface area (Å²) in [7, 11) is 0. The van der Waals surface area contributed by atoms with Crippen molar-refractivity contribution in [2.24, 2.45) is 5.73 Å². The van der Waals surface area contributed by atoms with Gasteiger partial charge in [0.2, 0.25) is 0 Å². The van der Waals surface area contributed by atoms with Crippen molar-refractivity contribution in [3.8, 4) is 55.6 Å². The van der Waals surface area contributed by atoms with Gasteiger partial charge in [0, 0.05) is 22.8 Å². The highest BCUT2D eigenvalue weighted by atomic mass is 14.5. The third kappa shape index (κ3) is 5.02. The van der Waals surface area contributed by atoms with E-state index in [0.717, 1.165) is 0 Å². The molecule has 292 valence electrons. The van der Waals surface area contributed by atoms with Crippen molar-refractivity contribution in [1.82, 2.24) is 0 Å². The number of allylic oxidation sites excluding steroid dienone is 3. The van der Waals surface area contributed by atoms with E-state index in [-0.39, 0.29) is 16.2 Å². The van der Waals surface area contributed by atoms with Gasteiger partial charge in [0.25, 0.3) is 0 Å². The Morgan fingerprint density at radius 1 is 0.400 bits per heavy atom. The van der Waals surface area contributed by atoms with Crippen LogP contribution in [0.1, 0.15) is 81.8 Å². The Morgan fingerprint density at radius 3 is 1.40 bits per heavy atom. The summed E-state index contributed by atoms with van der Waals surface area (Å²) >= 11 is 0. The number of nitrogens with two attached hydrogens (primary N) is 1. The van der Waals surface area contributed by atoms with Crippen LogP contribution in [0.5, 0.6) is 0 Å². The molecule has 0 bridgehead atoms. The van der Waals surface area contributed by atoms with E-state index in [2.05, 4.69) is 206 Å². The molecule has 8 aromatic carbocycles. The Labute approximate surface area is 354 Å². The Balaban J connectivity index is 1.17. The van der Waals surface area contributed by atoms with Crippen LogP contribution in [0.25, 0.3) is 82.8 Å². The molecule has 1 heteroatoms. The SMILES string of the molecule is CC1=C(/C=C\CN)C(C)(C)c2cc(-c3ccc4c(-c5ccc6c(c5)C(C)(C)c5ccccc5-6)c5ccccc5c(-c5ccc6c(c5)C(C)(C)c5ccccc5-6)c4c3)ccc21. The Hall–Kier alpha value is -6.28. The third-order valence-corrected chi connectivity index (χ3v) is 14.7. The van der Waals surface area contributed by atoms with Crippen molar-refractivity contribution in [3.63, 3.8) is 0 Å². The van der Waals surface area contributed by atoms with E-state index in [0.29, 0.717) is 6.54 Å². The molecular weight excluding hydrogens is 723 g/mol. The summed E-state index contributed by atoms with van der Waals surface area (Å²) in [6.07, 6.45) is 4.32. The molecule has 0 spiro atoms. The van der Waals surface area contributed by atoms with Gasteiger partial charge in [-0.25, -0.2) is 0 Å². The molecule has 0 saturated carbocycles. The van der Waals surface area contributed by atoms with Crippen molar-refractivity contribution in [1.29, 1.82) is 0 Å². The molecule has 3 aliphatic carbocycles. The van der Waals surface area contributed by atoms with E-state index in [1.807, 2.05) is 0 Å². The van der Waals surface area contributed by atoms with E-state index in [9.17, 15) is 0 Å². The monoisotopic (exact) mass is 773 g/mol. The second-order valence-corrected chi connectivity index (χ2v) is 19.0. The summed E-state index contributed by atoms with van der Waals surface area (Å²) in [5.41, 5.74) is 29.6. The van der Waals surface area contributed by atoms with Crippen molar-refractivity contribution in [2.45, 2.75) is 64.7 Å². The first-order chi connectivity index (χ1) is 28.9. The highest BCUT2D eigenvalue weighted by Gasteiger charge is 2.38. The van der Waals surface area contributed by atoms with E-state index in [1.54, 1.807) is 0 Å². The van der Waals surface area contributed by atoms with Gasteiger partial charge < -0.3 is 5.73 Å². The molecule has 60 heavy (non-hydrogen) atoms. The van der Waals surface area contributed by atoms with Gasteiger partial charge in [0.05, 0.1) is 0 Å². The van der Waals surface area contributed by atoms with Gasteiger partial charge in [-0.05, 0) is 153 Å². The number of hydrogen-bond acceptors (Lipinski definition) is 1. The van der Waals surface area contributed by atoms with Crippen LogP contribution in [-0.2, 0) is 16.2 Å². The maximum atomic E-state index is 5.93. The second kappa shape index (κ2) is 12.9. The number of benzene rings is 8. The van der Waals surface area contributed by atoms with Crippen LogP contribution in [0.4, 0.5) is 0 Å². The van der Waals surface area contributed by atoms with Crippen LogP contribution in [0.3, 0.4) is 0 Å². The molecule has 0 unspecified atom stereocenters. The van der Waals surface area contributed by atoms with Crippen molar-refractivity contribution in [2.75, 3.05) is 6.54 Å². The summed E-state index contributed by atoms with van der Waals surface area (Å²) in [4.78, 5) is 0. The molecule has 0 radical (unpaired) electrons. The average molecular weight is 774 g/mol. The van der Waals surface area contributed by atoms with Gasteiger partial charge in [-0.15, -0.1) is 0 Å². The minimum Gasteiger partial charge on any atom is -0.327 e. The van der Waals surface area contributed by atoms with E-state index < -0.39 is 0 Å². The van der Waals surface area contributed by atoms with Crippen molar-refractivity contribution in [3.05, 3.63) is 197 Å². The number of fused-ring (bicyclic) bond motifs is 9. The van der Waals surface area contributed by atoms with Gasteiger partial charge in [-0.2, -0.15) is 0 Å². The zero-order chi connectivity index (χ0) is 41.3. The summed E-state index contributed by atoms with van der Waals surface area (Å²) in [6, 6.07) is 55.9. The van der Waals surface area contributed by atoms with Crippen LogP contribution in [0.15, 0.2) is 163 Å². The molecule has 2 N–H and O–H groups in total. The molecule has 0 atom stereocenters. The Morgan fingerprint density at radius 2 is 0.817 bits per heavy atom. The quantitative estimate of drug-likeness (QED) is 0.173. The van der Waals surface area contributed by atoms with Crippen LogP contribution >= 0.6 is 0 Å². The van der Waals surface area contributed by atoms with E-state index >= 15 is 0 Å². The maximum absolute atomic E-state index is 5.93. The van der Waals surface area contributed by atoms with E-state index in [1.165, 1.54) is 122 Å². The fourth-order valence-corrected chi connectivity index (χ4v) is 11.5. The minimum absolute atomic E-state index is 0.0933. The zero-order valence-corrected chi connectivity index (χ0v) is 35.8. The lowest BCUT2D eigenvalue weighted by molar-refractivity contribution is 0.654. The normalized spacial score (nSPS) is 16.3. The average Bonchev–Trinajstić information content (AvgIpc) is 3.72. The summed E-state index contributed by atoms with van der Waals surface area (Å²) < 4.78 is 0. The Bertz CT molecular complexity index is 3220. The molecular formula is C59H51N. The molecule has 8 aromatic rings. The number of rotatable bonds is 5. The first-order valence-corrected chi connectivity index (χ1v) is 21.6. The first-order valence-electron chi connectivity index (χ1n) is 21.6. The van der Waals surface area contributed by atoms with Gasteiger partial charge in [-0.1, -0.05) is 175 Å². The summed E-state index contributed by atoms with van der Waals surface area (Å²) in [5.74, 6) is 0. The molecule has 0 aliphatic heterocycles. The van der Waals surface area contributed by atoms with Crippen LogP contribution < -0.4 is 5.73 Å². The molecule has 0 saturated heterocycles. The summed E-state index contributed by atoms with van der Waals surface area (Å²) in [5, 5.41) is 5.11. The third-order valence-electron chi connectivity index (χ3n) is 14.7. The predicted molar refractivity (Wildman–Crippen MR) is 257 cm³/mol. The van der Waals surface area contributed by atoms with Gasteiger partial charge >= 0.3 is 0 Å². The van der Waals surface area contributed by atoms with Crippen LogP contribution in [0, 0.1) is 0 Å². The molecule has 11 rings (SSSR count). The highest BCUT2D eigenvalue weighted by Crippen LogP contribution is 2.54. The lowest BCUT2D eigenvalue weighted by Crippen LogP contribution is -2.16. The van der Waals surface area contributed by atoms with Gasteiger partial charge in [0.15, 0.2) is 0 Å². The smallest absolute Gasteiger partial charge is 0.0159 e. The van der Waals surface area contributed by atoms with Crippen LogP contribution in [0.2, 0.25) is 0 Å². The van der Waals surface area contributed by atoms with Crippen molar-refractivity contribution < 1.29 is 0 Å². The number of hydrogen-bond donors (Lipinski definition) is 1. The largest absolute Gasteiger partial charge is 0.327 e. The standard InChI is InChI=1S/C59H51N/c1-35-40-26-22-37(32-52(40)57(2,3)49(35)21-14-30-60)36-23-29-47-48(31-36)56(39-25-28-44-42-16-11-13-20-51(42)59(6,7)54(44)34-39)46-18-9-8-17-45(46)55(47)38-24-27-43-41-15-10-12-19-50(41)58(4,5)53(43)33-38/h8-29,31-34H,30,60H2,1-7H3/b21-14-. The molecule has 0 fully saturated rings. The lowest BCUT2D eigenvalue weighted by atomic mass is 9.79. The van der Waals surface area contributed by atoms with Gasteiger partial charge in [-0.3, -0.25) is 0 Å². The predicted octanol–water partition coefficient (Wildman–Crippen LogP) is 15.2. The molecule has 0 heterocycles. The Kier molecular flexibility index (Phi) is 7.88. The highest BCUT2D eigenvalue weighted by molar-refractivity contribution is 6.22. The molecule has 0 aromatic heterocycles. The molecule has 1 nitrogen and oxygen atoms in total. The molecule has 0 amide bonds. The fraction of sp³-hybridized carbons (Fsp3) is 0.186. The zero-order valence-electron chi connectivity index (χ0n) is 35.8. The lowest BCUT2D eigenvalue weighted by Gasteiger charge is -2.24.